The van der Waals surface area contributed by atoms with Crippen LogP contribution < -0.4 is 10.1 Å². The Morgan fingerprint density at radius 2 is 1.70 bits per heavy atom. The van der Waals surface area contributed by atoms with Crippen molar-refractivity contribution in [2.45, 2.75) is 24.8 Å². The monoisotopic (exact) mass is 264 g/mol. The minimum Gasteiger partial charge on any atom is -0.455 e. The summed E-state index contributed by atoms with van der Waals surface area (Å²) in [6.45, 7) is 0. The molecule has 1 fully saturated rings. The Bertz CT molecular complexity index is 627. The van der Waals surface area contributed by atoms with Gasteiger partial charge in [-0.05, 0) is 43.5 Å². The molecule has 1 N–H and O–H groups in total. The van der Waals surface area contributed by atoms with Crippen LogP contribution in [-0.4, -0.2) is 5.54 Å². The third-order valence-corrected chi connectivity index (χ3v) is 3.65. The van der Waals surface area contributed by atoms with E-state index in [0.717, 1.165) is 36.4 Å². The van der Waals surface area contributed by atoms with Gasteiger partial charge in [0.2, 0.25) is 0 Å². The van der Waals surface area contributed by atoms with E-state index in [-0.39, 0.29) is 0 Å². The molecule has 0 heterocycles. The molecule has 0 saturated heterocycles. The summed E-state index contributed by atoms with van der Waals surface area (Å²) >= 11 is 0. The average Bonchev–Trinajstić information content (AvgIpc) is 2.46. The summed E-state index contributed by atoms with van der Waals surface area (Å²) in [5, 5.41) is 12.7. The maximum atomic E-state index is 9.33. The van der Waals surface area contributed by atoms with Gasteiger partial charge in [-0.15, -0.1) is 0 Å². The summed E-state index contributed by atoms with van der Waals surface area (Å²) in [7, 11) is 0. The standard InChI is InChI=1S/C17H16N2O/c18-13-17(11-6-12-17)19-15-9-4-5-10-16(15)20-14-7-2-1-3-8-14/h1-5,7-10,19H,6,11-12H2. The quantitative estimate of drug-likeness (QED) is 0.893. The van der Waals surface area contributed by atoms with Crippen LogP contribution in [0.2, 0.25) is 0 Å². The molecule has 0 radical (unpaired) electrons. The highest BCUT2D eigenvalue weighted by molar-refractivity contribution is 5.60. The molecule has 3 rings (SSSR count). The molecule has 0 aliphatic heterocycles. The number of nitrogens with zero attached hydrogens (tertiary/aromatic N) is 1. The van der Waals surface area contributed by atoms with Crippen molar-refractivity contribution in [2.75, 3.05) is 5.32 Å². The van der Waals surface area contributed by atoms with E-state index < -0.39 is 5.54 Å². The first-order valence-electron chi connectivity index (χ1n) is 6.83. The number of para-hydroxylation sites is 3. The number of ether oxygens (including phenoxy) is 1. The maximum absolute atomic E-state index is 9.33. The molecular formula is C17H16N2O. The average molecular weight is 264 g/mol. The topological polar surface area (TPSA) is 45.0 Å². The summed E-state index contributed by atoms with van der Waals surface area (Å²) < 4.78 is 5.90. The van der Waals surface area contributed by atoms with E-state index in [1.54, 1.807) is 0 Å². The Balaban J connectivity index is 1.83. The Morgan fingerprint density at radius 3 is 2.35 bits per heavy atom. The van der Waals surface area contributed by atoms with Crippen LogP contribution in [0.5, 0.6) is 11.5 Å². The number of rotatable bonds is 4. The molecule has 2 aromatic rings. The second-order valence-electron chi connectivity index (χ2n) is 5.08. The minimum absolute atomic E-state index is 0.420. The van der Waals surface area contributed by atoms with E-state index in [1.165, 1.54) is 0 Å². The van der Waals surface area contributed by atoms with Gasteiger partial charge >= 0.3 is 0 Å². The fourth-order valence-electron chi connectivity index (χ4n) is 2.33. The van der Waals surface area contributed by atoms with Crippen LogP contribution in [0.25, 0.3) is 0 Å². The van der Waals surface area contributed by atoms with Crippen molar-refractivity contribution < 1.29 is 4.74 Å². The van der Waals surface area contributed by atoms with E-state index in [4.69, 9.17) is 4.74 Å². The van der Waals surface area contributed by atoms with Crippen molar-refractivity contribution in [1.29, 1.82) is 5.26 Å². The molecule has 1 aliphatic rings. The molecule has 0 bridgehead atoms. The first-order valence-corrected chi connectivity index (χ1v) is 6.83. The fraction of sp³-hybridized carbons (Fsp3) is 0.235. The molecule has 0 spiro atoms. The summed E-state index contributed by atoms with van der Waals surface area (Å²) in [5.41, 5.74) is 0.452. The Morgan fingerprint density at radius 1 is 1.00 bits per heavy atom. The molecule has 1 aliphatic carbocycles. The Kier molecular flexibility index (Phi) is 3.30. The smallest absolute Gasteiger partial charge is 0.150 e. The SMILES string of the molecule is N#CC1(Nc2ccccc2Oc2ccccc2)CCC1. The number of nitrogens with one attached hydrogen (secondary N) is 1. The molecule has 0 amide bonds. The predicted molar refractivity (Wildman–Crippen MR) is 78.8 cm³/mol. The lowest BCUT2D eigenvalue weighted by atomic mass is 9.78. The van der Waals surface area contributed by atoms with E-state index in [1.807, 2.05) is 54.6 Å². The number of hydrogen-bond acceptors (Lipinski definition) is 3. The van der Waals surface area contributed by atoms with Crippen LogP contribution in [0.15, 0.2) is 54.6 Å². The van der Waals surface area contributed by atoms with Gasteiger partial charge in [-0.3, -0.25) is 0 Å². The minimum atomic E-state index is -0.420. The Hall–Kier alpha value is -2.47. The van der Waals surface area contributed by atoms with Crippen molar-refractivity contribution in [3.05, 3.63) is 54.6 Å². The fourth-order valence-corrected chi connectivity index (χ4v) is 2.33. The molecule has 1 saturated carbocycles. The van der Waals surface area contributed by atoms with Crippen molar-refractivity contribution in [2.24, 2.45) is 0 Å². The summed E-state index contributed by atoms with van der Waals surface area (Å²) in [6.07, 6.45) is 2.88. The molecule has 3 heteroatoms. The largest absolute Gasteiger partial charge is 0.455 e. The first-order chi connectivity index (χ1) is 9.81. The third kappa shape index (κ3) is 2.46. The number of hydrogen-bond donors (Lipinski definition) is 1. The van der Waals surface area contributed by atoms with Gasteiger partial charge in [0.05, 0.1) is 11.8 Å². The third-order valence-electron chi connectivity index (χ3n) is 3.65. The zero-order chi connectivity index (χ0) is 13.8. The summed E-state index contributed by atoms with van der Waals surface area (Å²) in [5.74, 6) is 1.54. The molecule has 100 valence electrons. The van der Waals surface area contributed by atoms with E-state index in [9.17, 15) is 5.26 Å². The van der Waals surface area contributed by atoms with Crippen LogP contribution in [0.1, 0.15) is 19.3 Å². The van der Waals surface area contributed by atoms with Gasteiger partial charge in [0.15, 0.2) is 5.75 Å². The lowest BCUT2D eigenvalue weighted by Crippen LogP contribution is -2.43. The summed E-state index contributed by atoms with van der Waals surface area (Å²) in [4.78, 5) is 0. The molecule has 0 aromatic heterocycles. The lowest BCUT2D eigenvalue weighted by Gasteiger charge is -2.37. The number of benzene rings is 2. The van der Waals surface area contributed by atoms with Gasteiger partial charge in [-0.2, -0.15) is 5.26 Å². The molecule has 0 atom stereocenters. The Labute approximate surface area is 118 Å². The van der Waals surface area contributed by atoms with Gasteiger partial charge in [-0.1, -0.05) is 30.3 Å². The zero-order valence-corrected chi connectivity index (χ0v) is 11.2. The maximum Gasteiger partial charge on any atom is 0.150 e. The van der Waals surface area contributed by atoms with E-state index >= 15 is 0 Å². The number of nitriles is 1. The molecule has 0 unspecified atom stereocenters. The highest BCUT2D eigenvalue weighted by atomic mass is 16.5. The second-order valence-corrected chi connectivity index (χ2v) is 5.08. The van der Waals surface area contributed by atoms with Gasteiger partial charge in [0.25, 0.3) is 0 Å². The predicted octanol–water partition coefficient (Wildman–Crippen LogP) is 4.34. The van der Waals surface area contributed by atoms with Gasteiger partial charge in [0, 0.05) is 0 Å². The first kappa shape index (κ1) is 12.6. The van der Waals surface area contributed by atoms with Crippen LogP contribution >= 0.6 is 0 Å². The highest BCUT2D eigenvalue weighted by Crippen LogP contribution is 2.38. The second kappa shape index (κ2) is 5.26. The van der Waals surface area contributed by atoms with E-state index in [2.05, 4.69) is 11.4 Å². The molecule has 2 aromatic carbocycles. The normalized spacial score (nSPS) is 15.8. The summed E-state index contributed by atoms with van der Waals surface area (Å²) in [6, 6.07) is 19.8. The van der Waals surface area contributed by atoms with E-state index in [0.29, 0.717) is 0 Å². The van der Waals surface area contributed by atoms with Crippen molar-refractivity contribution >= 4 is 5.69 Å². The molecule has 3 nitrogen and oxygen atoms in total. The van der Waals surface area contributed by atoms with Crippen LogP contribution in [-0.2, 0) is 0 Å². The van der Waals surface area contributed by atoms with Crippen LogP contribution in [0, 0.1) is 11.3 Å². The van der Waals surface area contributed by atoms with Crippen molar-refractivity contribution in [1.82, 2.24) is 0 Å². The van der Waals surface area contributed by atoms with Crippen LogP contribution in [0.3, 0.4) is 0 Å². The van der Waals surface area contributed by atoms with Crippen LogP contribution in [0.4, 0.5) is 5.69 Å². The van der Waals surface area contributed by atoms with Crippen molar-refractivity contribution in [3.63, 3.8) is 0 Å². The van der Waals surface area contributed by atoms with Gasteiger partial charge in [0.1, 0.15) is 11.3 Å². The lowest BCUT2D eigenvalue weighted by molar-refractivity contribution is 0.355. The highest BCUT2D eigenvalue weighted by Gasteiger charge is 2.37. The van der Waals surface area contributed by atoms with Gasteiger partial charge < -0.3 is 10.1 Å². The zero-order valence-electron chi connectivity index (χ0n) is 11.2. The molecule has 20 heavy (non-hydrogen) atoms. The number of anilines is 1. The molecular weight excluding hydrogens is 248 g/mol. The van der Waals surface area contributed by atoms with Gasteiger partial charge in [-0.25, -0.2) is 0 Å². The van der Waals surface area contributed by atoms with Crippen molar-refractivity contribution in [3.8, 4) is 17.6 Å².